The Morgan fingerprint density at radius 1 is 1.03 bits per heavy atom. The normalized spacial score (nSPS) is 13.5. The molecule has 164 valence electrons. The number of ether oxygens (including phenoxy) is 3. The summed E-state index contributed by atoms with van der Waals surface area (Å²) in [5.41, 5.74) is 3.34. The summed E-state index contributed by atoms with van der Waals surface area (Å²) in [6, 6.07) is 14.7. The van der Waals surface area contributed by atoms with Crippen molar-refractivity contribution in [2.75, 3.05) is 26.1 Å². The number of hydrogen-bond donors (Lipinski definition) is 1. The molecule has 0 amide bonds. The summed E-state index contributed by atoms with van der Waals surface area (Å²) in [6.07, 6.45) is 0.980. The number of methoxy groups -OCH3 is 2. The first-order chi connectivity index (χ1) is 15.6. The molecular formula is C25H25N3O3S. The van der Waals surface area contributed by atoms with Gasteiger partial charge in [0.1, 0.15) is 17.4 Å². The standard InChI is InChI=1S/C25H25N3O3S/c1-14(23-7-8-24(32-23)17-5-6-20-16(11-17)9-10-31-20)26-25-18-12-21(29-3)22(30-4)13-19(18)27-15(2)28-25/h5-8,11-14H,9-10H2,1-4H3,(H,26,27,28). The van der Waals surface area contributed by atoms with Gasteiger partial charge in [0.25, 0.3) is 0 Å². The predicted molar refractivity (Wildman–Crippen MR) is 128 cm³/mol. The van der Waals surface area contributed by atoms with Crippen LogP contribution < -0.4 is 19.5 Å². The Balaban J connectivity index is 1.44. The summed E-state index contributed by atoms with van der Waals surface area (Å²) in [5.74, 6) is 3.80. The zero-order valence-corrected chi connectivity index (χ0v) is 19.4. The Bertz CT molecular complexity index is 1300. The number of hydrogen-bond acceptors (Lipinski definition) is 7. The van der Waals surface area contributed by atoms with Crippen molar-refractivity contribution in [3.8, 4) is 27.7 Å². The fourth-order valence-corrected chi connectivity index (χ4v) is 5.05. The fraction of sp³-hybridized carbons (Fsp3) is 0.280. The second kappa shape index (κ2) is 8.31. The van der Waals surface area contributed by atoms with Crippen molar-refractivity contribution < 1.29 is 14.2 Å². The summed E-state index contributed by atoms with van der Waals surface area (Å²) >= 11 is 1.79. The minimum atomic E-state index is 0.0807. The first kappa shape index (κ1) is 20.6. The topological polar surface area (TPSA) is 65.5 Å². The maximum absolute atomic E-state index is 5.64. The molecule has 0 saturated carbocycles. The lowest BCUT2D eigenvalue weighted by Gasteiger charge is -2.16. The minimum absolute atomic E-state index is 0.0807. The van der Waals surface area contributed by atoms with Gasteiger partial charge in [-0.25, -0.2) is 9.97 Å². The van der Waals surface area contributed by atoms with E-state index in [-0.39, 0.29) is 6.04 Å². The number of aryl methyl sites for hydroxylation is 1. The largest absolute Gasteiger partial charge is 0.493 e. The summed E-state index contributed by atoms with van der Waals surface area (Å²) in [4.78, 5) is 11.7. The van der Waals surface area contributed by atoms with E-state index < -0.39 is 0 Å². The summed E-state index contributed by atoms with van der Waals surface area (Å²) in [7, 11) is 3.26. The minimum Gasteiger partial charge on any atom is -0.493 e. The third-order valence-corrected chi connectivity index (χ3v) is 7.01. The molecule has 2 aromatic heterocycles. The van der Waals surface area contributed by atoms with E-state index in [2.05, 4.69) is 52.5 Å². The number of nitrogens with one attached hydrogen (secondary N) is 1. The first-order valence-electron chi connectivity index (χ1n) is 10.6. The molecule has 0 saturated heterocycles. The van der Waals surface area contributed by atoms with E-state index in [1.165, 1.54) is 20.9 Å². The Kier molecular flexibility index (Phi) is 5.35. The van der Waals surface area contributed by atoms with Gasteiger partial charge in [0.15, 0.2) is 11.5 Å². The third kappa shape index (κ3) is 3.73. The van der Waals surface area contributed by atoms with Gasteiger partial charge in [0.2, 0.25) is 0 Å². The van der Waals surface area contributed by atoms with E-state index in [1.54, 1.807) is 25.6 Å². The molecule has 6 nitrogen and oxygen atoms in total. The zero-order chi connectivity index (χ0) is 22.2. The van der Waals surface area contributed by atoms with Gasteiger partial charge >= 0.3 is 0 Å². The van der Waals surface area contributed by atoms with Crippen LogP contribution in [-0.2, 0) is 6.42 Å². The van der Waals surface area contributed by atoms with E-state index >= 15 is 0 Å². The van der Waals surface area contributed by atoms with Crippen LogP contribution in [0.25, 0.3) is 21.3 Å². The maximum atomic E-state index is 5.64. The van der Waals surface area contributed by atoms with Crippen LogP contribution in [0.5, 0.6) is 17.2 Å². The highest BCUT2D eigenvalue weighted by molar-refractivity contribution is 7.15. The van der Waals surface area contributed by atoms with Crippen molar-refractivity contribution in [3.63, 3.8) is 0 Å². The molecule has 0 fully saturated rings. The SMILES string of the molecule is COc1cc2nc(C)nc(NC(C)c3ccc(-c4ccc5c(c4)CCO5)s3)c2cc1OC. The average Bonchev–Trinajstić information content (AvgIpc) is 3.47. The van der Waals surface area contributed by atoms with E-state index in [0.717, 1.165) is 35.5 Å². The van der Waals surface area contributed by atoms with Crippen molar-refractivity contribution in [1.82, 2.24) is 9.97 Å². The third-order valence-electron chi connectivity index (χ3n) is 5.69. The van der Waals surface area contributed by atoms with Gasteiger partial charge in [0.05, 0.1) is 32.4 Å². The number of fused-ring (bicyclic) bond motifs is 2. The Hall–Kier alpha value is -3.32. The zero-order valence-electron chi connectivity index (χ0n) is 18.6. The molecule has 1 aliphatic heterocycles. The first-order valence-corrected chi connectivity index (χ1v) is 11.4. The van der Waals surface area contributed by atoms with Crippen LogP contribution in [0.4, 0.5) is 5.82 Å². The van der Waals surface area contributed by atoms with Gasteiger partial charge in [0, 0.05) is 27.6 Å². The van der Waals surface area contributed by atoms with Crippen molar-refractivity contribution in [1.29, 1.82) is 0 Å². The second-order valence-electron chi connectivity index (χ2n) is 7.83. The van der Waals surface area contributed by atoms with Crippen LogP contribution >= 0.6 is 11.3 Å². The molecule has 1 aliphatic rings. The highest BCUT2D eigenvalue weighted by atomic mass is 32.1. The van der Waals surface area contributed by atoms with E-state index in [1.807, 2.05) is 19.1 Å². The predicted octanol–water partition coefficient (Wildman–Crippen LogP) is 5.79. The Morgan fingerprint density at radius 3 is 2.66 bits per heavy atom. The fourth-order valence-electron chi connectivity index (χ4n) is 4.04. The second-order valence-corrected chi connectivity index (χ2v) is 8.95. The van der Waals surface area contributed by atoms with Crippen molar-refractivity contribution in [2.45, 2.75) is 26.3 Å². The molecular weight excluding hydrogens is 422 g/mol. The van der Waals surface area contributed by atoms with Crippen molar-refractivity contribution >= 4 is 28.1 Å². The van der Waals surface area contributed by atoms with Gasteiger partial charge in [-0.1, -0.05) is 0 Å². The molecule has 1 unspecified atom stereocenters. The van der Waals surface area contributed by atoms with Crippen LogP contribution in [-0.4, -0.2) is 30.8 Å². The molecule has 7 heteroatoms. The molecule has 5 rings (SSSR count). The number of rotatable bonds is 6. The Labute approximate surface area is 191 Å². The van der Waals surface area contributed by atoms with Gasteiger partial charge in [-0.2, -0.15) is 0 Å². The quantitative estimate of drug-likeness (QED) is 0.403. The molecule has 32 heavy (non-hydrogen) atoms. The number of benzene rings is 2. The van der Waals surface area contributed by atoms with Crippen molar-refractivity contribution in [2.24, 2.45) is 0 Å². The smallest absolute Gasteiger partial charge is 0.162 e. The lowest BCUT2D eigenvalue weighted by molar-refractivity contribution is 0.356. The van der Waals surface area contributed by atoms with Crippen LogP contribution in [0.1, 0.15) is 29.2 Å². The number of aromatic nitrogens is 2. The van der Waals surface area contributed by atoms with Crippen LogP contribution in [0.3, 0.4) is 0 Å². The highest BCUT2D eigenvalue weighted by Gasteiger charge is 2.17. The maximum Gasteiger partial charge on any atom is 0.162 e. The van der Waals surface area contributed by atoms with E-state index in [9.17, 15) is 0 Å². The average molecular weight is 448 g/mol. The highest BCUT2D eigenvalue weighted by Crippen LogP contribution is 2.38. The summed E-state index contributed by atoms with van der Waals surface area (Å²) in [6.45, 7) is 4.82. The Morgan fingerprint density at radius 2 is 1.84 bits per heavy atom. The molecule has 0 bridgehead atoms. The summed E-state index contributed by atoms with van der Waals surface area (Å²) in [5, 5.41) is 4.48. The molecule has 2 aromatic carbocycles. The molecule has 1 N–H and O–H groups in total. The number of thiophene rings is 1. The van der Waals surface area contributed by atoms with Crippen LogP contribution in [0, 0.1) is 6.92 Å². The van der Waals surface area contributed by atoms with Crippen LogP contribution in [0.15, 0.2) is 42.5 Å². The van der Waals surface area contributed by atoms with Gasteiger partial charge < -0.3 is 19.5 Å². The van der Waals surface area contributed by atoms with Gasteiger partial charge in [-0.15, -0.1) is 11.3 Å². The lowest BCUT2D eigenvalue weighted by atomic mass is 10.1. The van der Waals surface area contributed by atoms with E-state index in [4.69, 9.17) is 14.2 Å². The number of nitrogens with zero attached hydrogens (tertiary/aromatic N) is 2. The molecule has 0 aliphatic carbocycles. The summed E-state index contributed by atoms with van der Waals surface area (Å²) < 4.78 is 16.6. The molecule has 4 aromatic rings. The van der Waals surface area contributed by atoms with Gasteiger partial charge in [-0.05, 0) is 61.4 Å². The van der Waals surface area contributed by atoms with E-state index in [0.29, 0.717) is 17.3 Å². The monoisotopic (exact) mass is 447 g/mol. The molecule has 0 spiro atoms. The van der Waals surface area contributed by atoms with Gasteiger partial charge in [-0.3, -0.25) is 0 Å². The van der Waals surface area contributed by atoms with Crippen LogP contribution in [0.2, 0.25) is 0 Å². The lowest BCUT2D eigenvalue weighted by Crippen LogP contribution is -2.08. The van der Waals surface area contributed by atoms with Crippen molar-refractivity contribution in [3.05, 3.63) is 58.7 Å². The molecule has 1 atom stereocenters. The molecule has 0 radical (unpaired) electrons. The molecule has 3 heterocycles. The number of anilines is 1.